The third-order valence-electron chi connectivity index (χ3n) is 3.60. The number of nitrogens with zero attached hydrogens (tertiary/aromatic N) is 1. The smallest absolute Gasteiger partial charge is 0.290 e. The molecule has 2 heterocycles. The van der Waals surface area contributed by atoms with Crippen LogP contribution in [0.1, 0.15) is 50.9 Å². The van der Waals surface area contributed by atoms with E-state index in [1.807, 2.05) is 6.07 Å². The zero-order valence-electron chi connectivity index (χ0n) is 12.1. The van der Waals surface area contributed by atoms with E-state index in [2.05, 4.69) is 44.1 Å². The van der Waals surface area contributed by atoms with Crippen LogP contribution in [0.3, 0.4) is 0 Å². The molecule has 0 spiro atoms. The van der Waals surface area contributed by atoms with Gasteiger partial charge in [-0.25, -0.2) is 4.98 Å². The van der Waals surface area contributed by atoms with Crippen LogP contribution in [0.15, 0.2) is 6.07 Å². The number of nitrogens with one attached hydrogen (secondary N) is 2. The molecule has 0 aliphatic carbocycles. The average molecular weight is 260 g/mol. The van der Waals surface area contributed by atoms with E-state index in [4.69, 9.17) is 4.74 Å². The van der Waals surface area contributed by atoms with Crippen molar-refractivity contribution in [1.82, 2.24) is 0 Å². The van der Waals surface area contributed by atoms with E-state index in [0.29, 0.717) is 18.2 Å². The summed E-state index contributed by atoms with van der Waals surface area (Å²) in [5, 5.41) is 12.6. The second-order valence-corrected chi connectivity index (χ2v) is 5.85. The number of rotatable bonds is 3. The summed E-state index contributed by atoms with van der Waals surface area (Å²) in [7, 11) is 0. The van der Waals surface area contributed by atoms with Crippen molar-refractivity contribution in [1.29, 1.82) is 5.26 Å². The highest BCUT2D eigenvalue weighted by molar-refractivity contribution is 5.50. The molecule has 102 valence electrons. The summed E-state index contributed by atoms with van der Waals surface area (Å²) in [6, 6.07) is 4.52. The molecular weight excluding hydrogens is 238 g/mol. The van der Waals surface area contributed by atoms with Crippen LogP contribution in [0.4, 0.5) is 5.82 Å². The molecule has 2 rings (SSSR count). The van der Waals surface area contributed by atoms with E-state index in [0.717, 1.165) is 24.2 Å². The maximum atomic E-state index is 9.26. The number of aromatic nitrogens is 1. The Morgan fingerprint density at radius 3 is 2.95 bits per heavy atom. The van der Waals surface area contributed by atoms with Gasteiger partial charge in [0.1, 0.15) is 17.3 Å². The Bertz CT molecular complexity index is 517. The summed E-state index contributed by atoms with van der Waals surface area (Å²) in [6.07, 6.45) is 1.85. The molecule has 0 saturated carbocycles. The molecule has 1 aliphatic heterocycles. The van der Waals surface area contributed by atoms with Crippen molar-refractivity contribution < 1.29 is 9.72 Å². The van der Waals surface area contributed by atoms with Crippen molar-refractivity contribution >= 4 is 5.82 Å². The second-order valence-electron chi connectivity index (χ2n) is 5.85. The van der Waals surface area contributed by atoms with E-state index in [9.17, 15) is 5.26 Å². The fourth-order valence-electron chi connectivity index (χ4n) is 2.22. The van der Waals surface area contributed by atoms with E-state index in [1.54, 1.807) is 0 Å². The fraction of sp³-hybridized carbons (Fsp3) is 0.600. The quantitative estimate of drug-likeness (QED) is 0.908. The number of aromatic amines is 1. The summed E-state index contributed by atoms with van der Waals surface area (Å²) in [4.78, 5) is 3.39. The molecule has 0 bridgehead atoms. The Labute approximate surface area is 114 Å². The van der Waals surface area contributed by atoms with Crippen molar-refractivity contribution in [3.8, 4) is 6.07 Å². The summed E-state index contributed by atoms with van der Waals surface area (Å²) in [5.74, 6) is 0.827. The zero-order chi connectivity index (χ0) is 14.0. The lowest BCUT2D eigenvalue weighted by Gasteiger charge is -2.30. The maximum absolute atomic E-state index is 9.26. The number of fused-ring (bicyclic) bond motifs is 1. The summed E-state index contributed by atoms with van der Waals surface area (Å²) in [5.41, 5.74) is 2.76. The van der Waals surface area contributed by atoms with Gasteiger partial charge in [-0.15, -0.1) is 0 Å². The topological polar surface area (TPSA) is 59.2 Å². The molecule has 0 saturated heterocycles. The molecule has 2 N–H and O–H groups in total. The highest BCUT2D eigenvalue weighted by atomic mass is 16.5. The molecule has 0 radical (unpaired) electrons. The first-order valence-electron chi connectivity index (χ1n) is 6.84. The van der Waals surface area contributed by atoms with E-state index in [1.165, 1.54) is 5.69 Å². The van der Waals surface area contributed by atoms with Crippen LogP contribution in [-0.2, 0) is 17.8 Å². The normalized spacial score (nSPS) is 18.3. The van der Waals surface area contributed by atoms with E-state index in [-0.39, 0.29) is 5.60 Å². The molecular formula is C15H22N3O+. The number of hydrogen-bond acceptors (Lipinski definition) is 3. The first kappa shape index (κ1) is 13.8. The predicted molar refractivity (Wildman–Crippen MR) is 73.7 cm³/mol. The maximum Gasteiger partial charge on any atom is 0.290 e. The number of pyridine rings is 1. The van der Waals surface area contributed by atoms with Crippen molar-refractivity contribution in [2.45, 2.75) is 58.8 Å². The second kappa shape index (κ2) is 5.18. The van der Waals surface area contributed by atoms with Crippen LogP contribution in [0.25, 0.3) is 0 Å². The standard InChI is InChI=1S/C15H21N3O/c1-5-10(2)17-14-11(8-16)6-12-9-19-15(3,4)7-13(12)18-14/h6,10H,5,7,9H2,1-4H3,(H,17,18)/p+1. The van der Waals surface area contributed by atoms with Crippen molar-refractivity contribution in [2.24, 2.45) is 0 Å². The molecule has 4 heteroatoms. The molecule has 1 atom stereocenters. The Morgan fingerprint density at radius 1 is 1.58 bits per heavy atom. The Hall–Kier alpha value is -1.60. The van der Waals surface area contributed by atoms with Gasteiger partial charge in [0.05, 0.1) is 18.2 Å². The molecule has 19 heavy (non-hydrogen) atoms. The Morgan fingerprint density at radius 2 is 2.32 bits per heavy atom. The van der Waals surface area contributed by atoms with Gasteiger partial charge in [0, 0.05) is 12.0 Å². The number of nitriles is 1. The number of hydrogen-bond donors (Lipinski definition) is 1. The van der Waals surface area contributed by atoms with Gasteiger partial charge >= 0.3 is 0 Å². The number of anilines is 1. The largest absolute Gasteiger partial charge is 0.370 e. The van der Waals surface area contributed by atoms with Crippen molar-refractivity contribution in [3.05, 3.63) is 22.9 Å². The third kappa shape index (κ3) is 3.05. The summed E-state index contributed by atoms with van der Waals surface area (Å²) in [6.45, 7) is 8.98. The predicted octanol–water partition coefficient (Wildman–Crippen LogP) is 2.43. The lowest BCUT2D eigenvalue weighted by Crippen LogP contribution is -2.37. The molecule has 0 amide bonds. The van der Waals surface area contributed by atoms with Crippen LogP contribution in [-0.4, -0.2) is 11.6 Å². The lowest BCUT2D eigenvalue weighted by atomic mass is 9.95. The molecule has 1 aromatic rings. The first-order valence-corrected chi connectivity index (χ1v) is 6.84. The van der Waals surface area contributed by atoms with E-state index < -0.39 is 0 Å². The SMILES string of the molecule is CCC(C)Nc1[nH+]c2c(cc1C#N)COC(C)(C)C2. The van der Waals surface area contributed by atoms with Crippen molar-refractivity contribution in [2.75, 3.05) is 5.32 Å². The average Bonchev–Trinajstić information content (AvgIpc) is 2.36. The fourth-order valence-corrected chi connectivity index (χ4v) is 2.22. The van der Waals surface area contributed by atoms with Crippen LogP contribution < -0.4 is 10.3 Å². The Balaban J connectivity index is 2.37. The first-order chi connectivity index (χ1) is 8.95. The van der Waals surface area contributed by atoms with Gasteiger partial charge in [-0.05, 0) is 33.3 Å². The third-order valence-corrected chi connectivity index (χ3v) is 3.60. The van der Waals surface area contributed by atoms with Gasteiger partial charge in [-0.2, -0.15) is 5.26 Å². The molecule has 1 aromatic heterocycles. The summed E-state index contributed by atoms with van der Waals surface area (Å²) < 4.78 is 5.78. The Kier molecular flexibility index (Phi) is 3.77. The van der Waals surface area contributed by atoms with Gasteiger partial charge in [0.15, 0.2) is 0 Å². The molecule has 1 unspecified atom stereocenters. The minimum Gasteiger partial charge on any atom is -0.370 e. The van der Waals surface area contributed by atoms with Crippen LogP contribution in [0.2, 0.25) is 0 Å². The molecule has 1 aliphatic rings. The molecule has 0 aromatic carbocycles. The molecule has 4 nitrogen and oxygen atoms in total. The molecule has 0 fully saturated rings. The van der Waals surface area contributed by atoms with Gasteiger partial charge in [-0.1, -0.05) is 6.92 Å². The van der Waals surface area contributed by atoms with E-state index >= 15 is 0 Å². The van der Waals surface area contributed by atoms with Gasteiger partial charge in [-0.3, -0.25) is 5.32 Å². The lowest BCUT2D eigenvalue weighted by molar-refractivity contribution is -0.381. The minimum absolute atomic E-state index is 0.148. The zero-order valence-corrected chi connectivity index (χ0v) is 12.1. The van der Waals surface area contributed by atoms with Gasteiger partial charge in [0.25, 0.3) is 5.82 Å². The van der Waals surface area contributed by atoms with Gasteiger partial charge in [0.2, 0.25) is 0 Å². The highest BCUT2D eigenvalue weighted by Crippen LogP contribution is 2.27. The van der Waals surface area contributed by atoms with Crippen molar-refractivity contribution in [3.63, 3.8) is 0 Å². The highest BCUT2D eigenvalue weighted by Gasteiger charge is 2.30. The van der Waals surface area contributed by atoms with Crippen LogP contribution in [0, 0.1) is 11.3 Å². The minimum atomic E-state index is -0.148. The number of H-pyrrole nitrogens is 1. The van der Waals surface area contributed by atoms with Gasteiger partial charge < -0.3 is 4.74 Å². The van der Waals surface area contributed by atoms with Crippen LogP contribution >= 0.6 is 0 Å². The number of ether oxygens (including phenoxy) is 1. The summed E-state index contributed by atoms with van der Waals surface area (Å²) >= 11 is 0. The van der Waals surface area contributed by atoms with Crippen LogP contribution in [0.5, 0.6) is 0 Å². The monoisotopic (exact) mass is 260 g/mol.